The molecule has 0 radical (unpaired) electrons. The standard InChI is InChI=1S/C14H19N3O3/c1-9-6-7-11(8-12(9)17(19)20)13(18)16-15-10(2)14(3,4)5/h6-8H,1-5H3,(H,16,18)/b15-10-. The average Bonchev–Trinajstić information content (AvgIpc) is 2.34. The van der Waals surface area contributed by atoms with Crippen LogP contribution in [-0.2, 0) is 0 Å². The Labute approximate surface area is 118 Å². The number of carbonyl (C=O) groups excluding carboxylic acids is 1. The minimum absolute atomic E-state index is 0.0748. The van der Waals surface area contributed by atoms with Crippen LogP contribution in [0, 0.1) is 22.5 Å². The van der Waals surface area contributed by atoms with Crippen molar-refractivity contribution in [1.29, 1.82) is 0 Å². The topological polar surface area (TPSA) is 84.6 Å². The van der Waals surface area contributed by atoms with Gasteiger partial charge in [-0.1, -0.05) is 26.8 Å². The van der Waals surface area contributed by atoms with Crippen LogP contribution in [0.15, 0.2) is 23.3 Å². The zero-order valence-electron chi connectivity index (χ0n) is 12.4. The Balaban J connectivity index is 2.95. The molecule has 1 aromatic carbocycles. The second-order valence-corrected chi connectivity index (χ2v) is 5.65. The molecule has 6 heteroatoms. The van der Waals surface area contributed by atoms with Gasteiger partial charge in [0.15, 0.2) is 0 Å². The molecule has 0 saturated heterocycles. The molecule has 0 unspecified atom stereocenters. The molecule has 0 fully saturated rings. The van der Waals surface area contributed by atoms with Crippen LogP contribution in [0.5, 0.6) is 0 Å². The molecule has 1 rings (SSSR count). The van der Waals surface area contributed by atoms with Crippen LogP contribution < -0.4 is 5.43 Å². The van der Waals surface area contributed by atoms with Crippen molar-refractivity contribution in [1.82, 2.24) is 5.43 Å². The number of aryl methyl sites for hydroxylation is 1. The Hall–Kier alpha value is -2.24. The van der Waals surface area contributed by atoms with Crippen LogP contribution in [0.2, 0.25) is 0 Å². The third-order valence-corrected chi connectivity index (χ3v) is 3.08. The molecule has 0 aromatic heterocycles. The van der Waals surface area contributed by atoms with Crippen molar-refractivity contribution in [3.05, 3.63) is 39.4 Å². The second kappa shape index (κ2) is 5.81. The van der Waals surface area contributed by atoms with Gasteiger partial charge in [-0.05, 0) is 19.9 Å². The number of carbonyl (C=O) groups is 1. The first-order chi connectivity index (χ1) is 9.12. The lowest BCUT2D eigenvalue weighted by atomic mass is 9.91. The first-order valence-electron chi connectivity index (χ1n) is 6.23. The summed E-state index contributed by atoms with van der Waals surface area (Å²) in [6.07, 6.45) is 0. The highest BCUT2D eigenvalue weighted by Gasteiger charge is 2.17. The molecule has 0 aliphatic carbocycles. The summed E-state index contributed by atoms with van der Waals surface area (Å²) in [5.74, 6) is -0.461. The molecule has 0 heterocycles. The SMILES string of the molecule is C/C(=N/NC(=O)c1ccc(C)c([N+](=O)[O-])c1)C(C)(C)C. The average molecular weight is 277 g/mol. The van der Waals surface area contributed by atoms with E-state index in [4.69, 9.17) is 0 Å². The summed E-state index contributed by atoms with van der Waals surface area (Å²) >= 11 is 0. The fourth-order valence-corrected chi connectivity index (χ4v) is 1.31. The van der Waals surface area contributed by atoms with Crippen molar-refractivity contribution in [3.63, 3.8) is 0 Å². The first-order valence-corrected chi connectivity index (χ1v) is 6.23. The van der Waals surface area contributed by atoms with Crippen LogP contribution in [0.25, 0.3) is 0 Å². The van der Waals surface area contributed by atoms with Crippen LogP contribution >= 0.6 is 0 Å². The highest BCUT2D eigenvalue weighted by Crippen LogP contribution is 2.19. The Kier molecular flexibility index (Phi) is 4.60. The number of amides is 1. The van der Waals surface area contributed by atoms with Crippen LogP contribution in [-0.4, -0.2) is 16.5 Å². The molecular formula is C14H19N3O3. The van der Waals surface area contributed by atoms with Crippen molar-refractivity contribution in [2.75, 3.05) is 0 Å². The fourth-order valence-electron chi connectivity index (χ4n) is 1.31. The van der Waals surface area contributed by atoms with E-state index in [1.54, 1.807) is 19.1 Å². The summed E-state index contributed by atoms with van der Waals surface area (Å²) in [7, 11) is 0. The number of rotatable bonds is 3. The van der Waals surface area contributed by atoms with E-state index in [1.165, 1.54) is 6.07 Å². The van der Waals surface area contributed by atoms with Gasteiger partial charge in [0.2, 0.25) is 0 Å². The fraction of sp³-hybridized carbons (Fsp3) is 0.429. The Bertz CT molecular complexity index is 572. The number of hydrazone groups is 1. The summed E-state index contributed by atoms with van der Waals surface area (Å²) in [4.78, 5) is 22.3. The number of nitrogens with zero attached hydrogens (tertiary/aromatic N) is 2. The van der Waals surface area contributed by atoms with Gasteiger partial charge in [0.1, 0.15) is 0 Å². The molecule has 1 amide bonds. The van der Waals surface area contributed by atoms with Gasteiger partial charge >= 0.3 is 0 Å². The summed E-state index contributed by atoms with van der Waals surface area (Å²) in [5.41, 5.74) is 3.70. The highest BCUT2D eigenvalue weighted by atomic mass is 16.6. The normalized spacial score (nSPS) is 12.2. The highest BCUT2D eigenvalue weighted by molar-refractivity contribution is 5.96. The summed E-state index contributed by atoms with van der Waals surface area (Å²) in [5, 5.41) is 14.9. The molecule has 0 aliphatic rings. The molecule has 0 bridgehead atoms. The van der Waals surface area contributed by atoms with E-state index < -0.39 is 10.8 Å². The first kappa shape index (κ1) is 15.8. The lowest BCUT2D eigenvalue weighted by Gasteiger charge is -2.17. The van der Waals surface area contributed by atoms with E-state index in [0.717, 1.165) is 5.71 Å². The Morgan fingerprint density at radius 1 is 1.35 bits per heavy atom. The predicted octanol–water partition coefficient (Wildman–Crippen LogP) is 3.06. The van der Waals surface area contributed by atoms with Crippen LogP contribution in [0.4, 0.5) is 5.69 Å². The van der Waals surface area contributed by atoms with Gasteiger partial charge in [-0.2, -0.15) is 5.10 Å². The molecule has 0 atom stereocenters. The minimum atomic E-state index is -0.504. The quantitative estimate of drug-likeness (QED) is 0.523. The smallest absolute Gasteiger partial charge is 0.267 e. The number of nitro groups is 1. The molecule has 1 N–H and O–H groups in total. The third-order valence-electron chi connectivity index (χ3n) is 3.08. The van der Waals surface area contributed by atoms with Gasteiger partial charge in [0.25, 0.3) is 11.6 Å². The minimum Gasteiger partial charge on any atom is -0.267 e. The monoisotopic (exact) mass is 277 g/mol. The van der Waals surface area contributed by atoms with Crippen molar-refractivity contribution in [2.24, 2.45) is 10.5 Å². The summed E-state index contributed by atoms with van der Waals surface area (Å²) in [6.45, 7) is 9.39. The maximum absolute atomic E-state index is 11.9. The number of nitrogens with one attached hydrogen (secondary N) is 1. The molecule has 0 saturated carbocycles. The van der Waals surface area contributed by atoms with Crippen LogP contribution in [0.1, 0.15) is 43.6 Å². The van der Waals surface area contributed by atoms with Crippen molar-refractivity contribution >= 4 is 17.3 Å². The lowest BCUT2D eigenvalue weighted by molar-refractivity contribution is -0.385. The maximum atomic E-state index is 11.9. The van der Waals surface area contributed by atoms with Gasteiger partial charge in [-0.3, -0.25) is 14.9 Å². The van der Waals surface area contributed by atoms with E-state index in [2.05, 4.69) is 10.5 Å². The molecule has 0 aliphatic heterocycles. The number of benzene rings is 1. The zero-order valence-corrected chi connectivity index (χ0v) is 12.4. The third kappa shape index (κ3) is 3.88. The maximum Gasteiger partial charge on any atom is 0.273 e. The number of hydrogen-bond donors (Lipinski definition) is 1. The van der Waals surface area contributed by atoms with Crippen LogP contribution in [0.3, 0.4) is 0 Å². The summed E-state index contributed by atoms with van der Waals surface area (Å²) < 4.78 is 0. The van der Waals surface area contributed by atoms with Crippen molar-refractivity contribution in [3.8, 4) is 0 Å². The summed E-state index contributed by atoms with van der Waals surface area (Å²) in [6, 6.07) is 4.35. The van der Waals surface area contributed by atoms with Gasteiger partial charge in [-0.25, -0.2) is 5.43 Å². The zero-order chi connectivity index (χ0) is 15.5. The molecular weight excluding hydrogens is 258 g/mol. The molecule has 6 nitrogen and oxygen atoms in total. The largest absolute Gasteiger partial charge is 0.273 e. The molecule has 108 valence electrons. The number of nitro benzene ring substituents is 1. The van der Waals surface area contributed by atoms with E-state index in [1.807, 2.05) is 27.7 Å². The molecule has 0 spiro atoms. The Morgan fingerprint density at radius 3 is 2.45 bits per heavy atom. The van der Waals surface area contributed by atoms with Crippen molar-refractivity contribution in [2.45, 2.75) is 34.6 Å². The predicted molar refractivity (Wildman–Crippen MR) is 77.9 cm³/mol. The molecule has 20 heavy (non-hydrogen) atoms. The van der Waals surface area contributed by atoms with E-state index in [-0.39, 0.29) is 16.7 Å². The van der Waals surface area contributed by atoms with E-state index in [0.29, 0.717) is 5.56 Å². The Morgan fingerprint density at radius 2 is 1.95 bits per heavy atom. The van der Waals surface area contributed by atoms with Gasteiger partial charge < -0.3 is 0 Å². The van der Waals surface area contributed by atoms with Crippen molar-refractivity contribution < 1.29 is 9.72 Å². The van der Waals surface area contributed by atoms with Gasteiger partial charge in [0.05, 0.1) is 4.92 Å². The second-order valence-electron chi connectivity index (χ2n) is 5.65. The number of hydrogen-bond acceptors (Lipinski definition) is 4. The van der Waals surface area contributed by atoms with Gasteiger partial charge in [0, 0.05) is 28.3 Å². The lowest BCUT2D eigenvalue weighted by Crippen LogP contribution is -2.24. The molecule has 1 aromatic rings. The van der Waals surface area contributed by atoms with E-state index >= 15 is 0 Å². The van der Waals surface area contributed by atoms with Gasteiger partial charge in [-0.15, -0.1) is 0 Å². The van der Waals surface area contributed by atoms with E-state index in [9.17, 15) is 14.9 Å².